The maximum atomic E-state index is 12.6. The molecule has 1 aromatic heterocycles. The van der Waals surface area contributed by atoms with Crippen LogP contribution in [0.15, 0.2) is 52.9 Å². The van der Waals surface area contributed by atoms with E-state index in [9.17, 15) is 4.79 Å². The van der Waals surface area contributed by atoms with Crippen LogP contribution in [0, 0.1) is 12.8 Å². The van der Waals surface area contributed by atoms with Gasteiger partial charge in [0.05, 0.1) is 0 Å². The number of hydrogen-bond acceptors (Lipinski definition) is 3. The summed E-state index contributed by atoms with van der Waals surface area (Å²) in [6.45, 7) is 6.21. The van der Waals surface area contributed by atoms with Crippen LogP contribution in [-0.2, 0) is 0 Å². The van der Waals surface area contributed by atoms with Gasteiger partial charge >= 0.3 is 0 Å². The third kappa shape index (κ3) is 3.65. The molecule has 0 saturated carbocycles. The minimum Gasteiger partial charge on any atom is -0.438 e. The van der Waals surface area contributed by atoms with Crippen molar-refractivity contribution in [2.45, 2.75) is 33.2 Å². The molecule has 4 heteroatoms. The molecule has 24 heavy (non-hydrogen) atoms. The van der Waals surface area contributed by atoms with Gasteiger partial charge in [-0.25, -0.2) is 4.98 Å². The van der Waals surface area contributed by atoms with Crippen LogP contribution in [0.5, 0.6) is 0 Å². The number of para-hydroxylation sites is 2. The lowest BCUT2D eigenvalue weighted by atomic mass is 10.0. The Labute approximate surface area is 141 Å². The largest absolute Gasteiger partial charge is 0.438 e. The van der Waals surface area contributed by atoms with Crippen LogP contribution < -0.4 is 5.32 Å². The molecule has 124 valence electrons. The molecule has 0 aliphatic carbocycles. The maximum absolute atomic E-state index is 12.6. The zero-order valence-electron chi connectivity index (χ0n) is 14.2. The topological polar surface area (TPSA) is 55.1 Å². The fraction of sp³-hybridized carbons (Fsp3) is 0.300. The van der Waals surface area contributed by atoms with E-state index in [2.05, 4.69) is 24.1 Å². The number of carbonyl (C=O) groups excluding carboxylic acids is 1. The van der Waals surface area contributed by atoms with E-state index < -0.39 is 0 Å². The van der Waals surface area contributed by atoms with E-state index in [1.165, 1.54) is 0 Å². The lowest BCUT2D eigenvalue weighted by Gasteiger charge is -2.17. The Morgan fingerprint density at radius 2 is 1.96 bits per heavy atom. The number of carbonyl (C=O) groups is 1. The highest BCUT2D eigenvalue weighted by atomic mass is 16.3. The Bertz CT molecular complexity index is 818. The summed E-state index contributed by atoms with van der Waals surface area (Å²) in [5, 5.41) is 3.07. The van der Waals surface area contributed by atoms with Crippen LogP contribution in [0.25, 0.3) is 11.1 Å². The van der Waals surface area contributed by atoms with Gasteiger partial charge in [0.2, 0.25) is 5.89 Å². The molecule has 0 saturated heterocycles. The molecule has 2 aromatic carbocycles. The molecule has 4 nitrogen and oxygen atoms in total. The molecule has 0 bridgehead atoms. The Morgan fingerprint density at radius 1 is 1.17 bits per heavy atom. The third-order valence-corrected chi connectivity index (χ3v) is 3.90. The van der Waals surface area contributed by atoms with Gasteiger partial charge in [-0.05, 0) is 43.5 Å². The number of oxazole rings is 1. The Morgan fingerprint density at radius 3 is 2.67 bits per heavy atom. The van der Waals surface area contributed by atoms with Crippen molar-refractivity contribution >= 4 is 17.0 Å². The standard InChI is InChI=1S/C20H22N2O2/c1-13(2)11-17(20-22-16-9-4-5-10-18(16)24-20)21-19(23)15-8-6-7-14(3)12-15/h4-10,12-13,17H,11H2,1-3H3,(H,21,23)/t17-/m1/s1. The zero-order valence-corrected chi connectivity index (χ0v) is 14.2. The summed E-state index contributed by atoms with van der Waals surface area (Å²) in [5.41, 5.74) is 3.27. The summed E-state index contributed by atoms with van der Waals surface area (Å²) < 4.78 is 5.87. The molecular weight excluding hydrogens is 300 g/mol. The molecule has 1 heterocycles. The van der Waals surface area contributed by atoms with Crippen molar-refractivity contribution < 1.29 is 9.21 Å². The summed E-state index contributed by atoms with van der Waals surface area (Å²) in [6, 6.07) is 15.0. The highest BCUT2D eigenvalue weighted by Crippen LogP contribution is 2.25. The second kappa shape index (κ2) is 6.87. The predicted molar refractivity (Wildman–Crippen MR) is 94.9 cm³/mol. The lowest BCUT2D eigenvalue weighted by molar-refractivity contribution is 0.0925. The van der Waals surface area contributed by atoms with Crippen molar-refractivity contribution in [3.05, 3.63) is 65.5 Å². The number of nitrogens with zero attached hydrogens (tertiary/aromatic N) is 1. The first kappa shape index (κ1) is 16.2. The first-order valence-electron chi connectivity index (χ1n) is 8.26. The smallest absolute Gasteiger partial charge is 0.251 e. The van der Waals surface area contributed by atoms with E-state index >= 15 is 0 Å². The normalized spacial score (nSPS) is 12.5. The van der Waals surface area contributed by atoms with Crippen molar-refractivity contribution in [3.63, 3.8) is 0 Å². The summed E-state index contributed by atoms with van der Waals surface area (Å²) in [7, 11) is 0. The molecule has 0 spiro atoms. The van der Waals surface area contributed by atoms with Gasteiger partial charge in [0.15, 0.2) is 5.58 Å². The van der Waals surface area contributed by atoms with Crippen LogP contribution in [0.4, 0.5) is 0 Å². The van der Waals surface area contributed by atoms with Crippen LogP contribution in [0.3, 0.4) is 0 Å². The number of hydrogen-bond donors (Lipinski definition) is 1. The van der Waals surface area contributed by atoms with Gasteiger partial charge in [0.25, 0.3) is 5.91 Å². The number of aryl methyl sites for hydroxylation is 1. The zero-order chi connectivity index (χ0) is 17.1. The Balaban J connectivity index is 1.87. The summed E-state index contributed by atoms with van der Waals surface area (Å²) in [6.07, 6.45) is 0.768. The molecule has 1 N–H and O–H groups in total. The predicted octanol–water partition coefficient (Wildman–Crippen LogP) is 4.65. The Hall–Kier alpha value is -2.62. The lowest BCUT2D eigenvalue weighted by Crippen LogP contribution is -2.29. The van der Waals surface area contributed by atoms with E-state index in [0.29, 0.717) is 17.4 Å². The van der Waals surface area contributed by atoms with E-state index in [1.807, 2.05) is 55.5 Å². The fourth-order valence-electron chi connectivity index (χ4n) is 2.76. The van der Waals surface area contributed by atoms with Gasteiger partial charge in [0.1, 0.15) is 11.6 Å². The van der Waals surface area contributed by atoms with Crippen LogP contribution >= 0.6 is 0 Å². The van der Waals surface area contributed by atoms with Crippen molar-refractivity contribution in [1.82, 2.24) is 10.3 Å². The molecule has 0 unspecified atom stereocenters. The molecule has 3 rings (SSSR count). The van der Waals surface area contributed by atoms with Gasteiger partial charge in [-0.1, -0.05) is 43.7 Å². The molecular formula is C20H22N2O2. The second-order valence-electron chi connectivity index (χ2n) is 6.54. The molecule has 1 amide bonds. The van der Waals surface area contributed by atoms with Crippen molar-refractivity contribution in [1.29, 1.82) is 0 Å². The summed E-state index contributed by atoms with van der Waals surface area (Å²) in [5.74, 6) is 0.861. The van der Waals surface area contributed by atoms with E-state index in [-0.39, 0.29) is 11.9 Å². The average molecular weight is 322 g/mol. The van der Waals surface area contributed by atoms with Crippen LogP contribution in [0.1, 0.15) is 48.1 Å². The first-order chi connectivity index (χ1) is 11.5. The molecule has 3 aromatic rings. The number of rotatable bonds is 5. The maximum Gasteiger partial charge on any atom is 0.251 e. The second-order valence-corrected chi connectivity index (χ2v) is 6.54. The Kier molecular flexibility index (Phi) is 4.65. The minimum absolute atomic E-state index is 0.105. The van der Waals surface area contributed by atoms with Crippen molar-refractivity contribution in [2.75, 3.05) is 0 Å². The minimum atomic E-state index is -0.245. The van der Waals surface area contributed by atoms with E-state index in [4.69, 9.17) is 4.42 Å². The highest BCUT2D eigenvalue weighted by molar-refractivity contribution is 5.94. The van der Waals surface area contributed by atoms with Crippen molar-refractivity contribution in [2.24, 2.45) is 5.92 Å². The van der Waals surface area contributed by atoms with Gasteiger partial charge in [-0.15, -0.1) is 0 Å². The first-order valence-corrected chi connectivity index (χ1v) is 8.26. The molecule has 1 atom stereocenters. The van der Waals surface area contributed by atoms with E-state index in [0.717, 1.165) is 23.1 Å². The fourth-order valence-corrected chi connectivity index (χ4v) is 2.76. The SMILES string of the molecule is Cc1cccc(C(=O)N[C@H](CC(C)C)c2nc3ccccc3o2)c1. The summed E-state index contributed by atoms with van der Waals surface area (Å²) in [4.78, 5) is 17.1. The monoisotopic (exact) mass is 322 g/mol. The van der Waals surface area contributed by atoms with Gasteiger partial charge < -0.3 is 9.73 Å². The number of benzene rings is 2. The van der Waals surface area contributed by atoms with Crippen molar-refractivity contribution in [3.8, 4) is 0 Å². The van der Waals surface area contributed by atoms with Crippen LogP contribution in [0.2, 0.25) is 0 Å². The molecule has 0 aliphatic rings. The third-order valence-electron chi connectivity index (χ3n) is 3.90. The molecule has 0 aliphatic heterocycles. The number of nitrogens with one attached hydrogen (secondary N) is 1. The van der Waals surface area contributed by atoms with Crippen LogP contribution in [-0.4, -0.2) is 10.9 Å². The average Bonchev–Trinajstić information content (AvgIpc) is 2.97. The van der Waals surface area contributed by atoms with Gasteiger partial charge in [-0.3, -0.25) is 4.79 Å². The van der Waals surface area contributed by atoms with Gasteiger partial charge in [-0.2, -0.15) is 0 Å². The quantitative estimate of drug-likeness (QED) is 0.743. The molecule has 0 fully saturated rings. The summed E-state index contributed by atoms with van der Waals surface area (Å²) >= 11 is 0. The number of aromatic nitrogens is 1. The van der Waals surface area contributed by atoms with Gasteiger partial charge in [0, 0.05) is 5.56 Å². The number of amides is 1. The number of fused-ring (bicyclic) bond motifs is 1. The highest BCUT2D eigenvalue weighted by Gasteiger charge is 2.22. The molecule has 0 radical (unpaired) electrons. The van der Waals surface area contributed by atoms with E-state index in [1.54, 1.807) is 0 Å².